The summed E-state index contributed by atoms with van der Waals surface area (Å²) in [6.07, 6.45) is 2.90. The number of rotatable bonds is 14. The predicted octanol–water partition coefficient (Wildman–Crippen LogP) is 4.11. The van der Waals surface area contributed by atoms with Crippen molar-refractivity contribution in [3.63, 3.8) is 0 Å². The van der Waals surface area contributed by atoms with Crippen molar-refractivity contribution in [2.45, 2.75) is 57.0 Å². The Bertz CT molecular complexity index is 1280. The maximum Gasteiger partial charge on any atom is 0.319 e. The molecule has 2 amide bonds. The van der Waals surface area contributed by atoms with Gasteiger partial charge in [0, 0.05) is 37.8 Å². The van der Waals surface area contributed by atoms with E-state index in [9.17, 15) is 18.3 Å². The molecular weight excluding hydrogens is 506 g/mol. The monoisotopic (exact) mass is 543 g/mol. The van der Waals surface area contributed by atoms with E-state index in [1.165, 1.54) is 16.4 Å². The fourth-order valence-corrected chi connectivity index (χ4v) is 5.76. The number of aliphatic hydroxyl groups excluding tert-OH is 1. The Morgan fingerprint density at radius 2 is 1.89 bits per heavy atom. The largest absolute Gasteiger partial charge is 0.385 e. The Kier molecular flexibility index (Phi) is 10.7. The second kappa shape index (κ2) is 13.9. The minimum absolute atomic E-state index is 0.00406. The summed E-state index contributed by atoms with van der Waals surface area (Å²) in [4.78, 5) is 12.4. The van der Waals surface area contributed by atoms with Gasteiger partial charge < -0.3 is 26.0 Å². The van der Waals surface area contributed by atoms with Crippen LogP contribution >= 0.6 is 0 Å². The number of hydrogen-bond donors (Lipinski definition) is 4. The van der Waals surface area contributed by atoms with Crippen LogP contribution in [0.4, 0.5) is 16.2 Å². The third kappa shape index (κ3) is 7.80. The molecule has 0 spiro atoms. The van der Waals surface area contributed by atoms with Crippen LogP contribution in [0.25, 0.3) is 0 Å². The average Bonchev–Trinajstić information content (AvgIpc) is 3.34. The maximum atomic E-state index is 13.9. The molecule has 1 unspecified atom stereocenters. The van der Waals surface area contributed by atoms with Crippen LogP contribution in [0.1, 0.15) is 55.7 Å². The van der Waals surface area contributed by atoms with Gasteiger partial charge in [0.15, 0.2) is 5.76 Å². The highest BCUT2D eigenvalue weighted by atomic mass is 32.2. The predicted molar refractivity (Wildman–Crippen MR) is 148 cm³/mol. The lowest BCUT2D eigenvalue weighted by atomic mass is 10.1. The summed E-state index contributed by atoms with van der Waals surface area (Å²) in [7, 11) is -4.07. The lowest BCUT2D eigenvalue weighted by Gasteiger charge is -2.26. The van der Waals surface area contributed by atoms with Crippen LogP contribution in [-0.2, 0) is 16.4 Å². The summed E-state index contributed by atoms with van der Waals surface area (Å²) in [6, 6.07) is 14.4. The molecule has 1 atom stereocenters. The van der Waals surface area contributed by atoms with E-state index in [0.29, 0.717) is 29.2 Å². The van der Waals surface area contributed by atoms with Gasteiger partial charge in [-0.25, -0.2) is 13.2 Å². The number of hydrogen-bond acceptors (Lipinski definition) is 7. The number of sulfonamides is 1. The lowest BCUT2D eigenvalue weighted by molar-refractivity contribution is 0.139. The summed E-state index contributed by atoms with van der Waals surface area (Å²) < 4.78 is 34.2. The zero-order chi connectivity index (χ0) is 27.5. The number of carbonyl (C=O) groups excluding carboxylic acids is 1. The number of aromatic nitrogens is 1. The topological polar surface area (TPSA) is 151 Å². The summed E-state index contributed by atoms with van der Waals surface area (Å²) in [6.45, 7) is 4.57. The highest BCUT2D eigenvalue weighted by molar-refractivity contribution is 7.92. The number of nitrogens with one attached hydrogen (secondary N) is 2. The Morgan fingerprint density at radius 1 is 1.13 bits per heavy atom. The Morgan fingerprint density at radius 3 is 2.55 bits per heavy atom. The minimum atomic E-state index is -4.07. The molecule has 2 aromatic carbocycles. The highest BCUT2D eigenvalue weighted by Gasteiger charge is 2.29. The van der Waals surface area contributed by atoms with Crippen LogP contribution in [0, 0.1) is 6.92 Å². The molecule has 5 N–H and O–H groups in total. The van der Waals surface area contributed by atoms with Crippen LogP contribution in [0.3, 0.4) is 0 Å². The molecule has 11 heteroatoms. The number of urea groups is 1. The molecule has 0 aliphatic rings. The number of para-hydroxylation sites is 1. The van der Waals surface area contributed by atoms with Gasteiger partial charge in [0.25, 0.3) is 10.0 Å². The Labute approximate surface area is 224 Å². The van der Waals surface area contributed by atoms with E-state index in [1.807, 2.05) is 0 Å². The zero-order valence-electron chi connectivity index (χ0n) is 21.9. The van der Waals surface area contributed by atoms with Crippen LogP contribution < -0.4 is 20.7 Å². The van der Waals surface area contributed by atoms with Crippen molar-refractivity contribution in [3.8, 4) is 0 Å². The van der Waals surface area contributed by atoms with E-state index >= 15 is 0 Å². The quantitative estimate of drug-likeness (QED) is 0.223. The summed E-state index contributed by atoms with van der Waals surface area (Å²) in [5.41, 5.74) is 7.54. The molecule has 3 rings (SSSR count). The van der Waals surface area contributed by atoms with Crippen molar-refractivity contribution >= 4 is 27.4 Å². The molecule has 0 aliphatic heterocycles. The van der Waals surface area contributed by atoms with E-state index < -0.39 is 16.1 Å². The smallest absolute Gasteiger partial charge is 0.319 e. The second-order valence-corrected chi connectivity index (χ2v) is 10.9. The Hall–Kier alpha value is -3.41. The number of anilines is 2. The molecule has 0 saturated heterocycles. The molecule has 10 nitrogen and oxygen atoms in total. The number of nitrogens with two attached hydrogens (primary N) is 1. The summed E-state index contributed by atoms with van der Waals surface area (Å²) >= 11 is 0. The SMILES string of the molecule is CCCCCCNC(=O)Nc1ccc(S(=O)(=O)N(CCN)c2ccccc2)c(CC(O)c2cc(C)no2)c1. The summed E-state index contributed by atoms with van der Waals surface area (Å²) in [5.74, 6) is 0.218. The lowest BCUT2D eigenvalue weighted by Crippen LogP contribution is -2.36. The molecule has 0 radical (unpaired) electrons. The zero-order valence-corrected chi connectivity index (χ0v) is 22.7. The number of aliphatic hydroxyl groups is 1. The number of carbonyl (C=O) groups is 1. The molecule has 0 bridgehead atoms. The van der Waals surface area contributed by atoms with Crippen molar-refractivity contribution in [2.75, 3.05) is 29.3 Å². The molecule has 206 valence electrons. The second-order valence-electron chi connectivity index (χ2n) is 9.06. The van der Waals surface area contributed by atoms with E-state index in [2.05, 4.69) is 22.7 Å². The van der Waals surface area contributed by atoms with Crippen molar-refractivity contribution in [1.29, 1.82) is 0 Å². The van der Waals surface area contributed by atoms with Gasteiger partial charge in [-0.1, -0.05) is 49.5 Å². The number of aryl methyl sites for hydroxylation is 1. The number of nitrogens with zero attached hydrogens (tertiary/aromatic N) is 2. The maximum absolute atomic E-state index is 13.9. The van der Waals surface area contributed by atoms with Gasteiger partial charge in [-0.15, -0.1) is 0 Å². The third-order valence-corrected chi connectivity index (χ3v) is 7.89. The van der Waals surface area contributed by atoms with Crippen LogP contribution in [0.5, 0.6) is 0 Å². The first-order valence-corrected chi connectivity index (χ1v) is 14.3. The first kappa shape index (κ1) is 29.2. The fraction of sp³-hybridized carbons (Fsp3) is 0.407. The normalized spacial score (nSPS) is 12.2. The molecule has 0 fully saturated rings. The minimum Gasteiger partial charge on any atom is -0.385 e. The summed E-state index contributed by atoms with van der Waals surface area (Å²) in [5, 5.41) is 20.2. The van der Waals surface area contributed by atoms with Gasteiger partial charge in [0.2, 0.25) is 0 Å². The molecular formula is C27H37N5O5S. The highest BCUT2D eigenvalue weighted by Crippen LogP contribution is 2.30. The first-order chi connectivity index (χ1) is 18.3. The molecule has 1 heterocycles. The van der Waals surface area contributed by atoms with Gasteiger partial charge in [-0.3, -0.25) is 4.31 Å². The van der Waals surface area contributed by atoms with Crippen molar-refractivity contribution < 1.29 is 22.8 Å². The number of amides is 2. The third-order valence-electron chi connectivity index (χ3n) is 5.97. The standard InChI is InChI=1S/C27H37N5O5S/c1-3-4-5-9-15-29-27(34)30-22-12-13-26(21(18-22)19-24(33)25-17-20(2)31-37-25)38(35,36)32(16-14-28)23-10-7-6-8-11-23/h6-8,10-13,17-18,24,33H,3-5,9,14-16,19,28H2,1-2H3,(H2,29,30,34). The van der Waals surface area contributed by atoms with Crippen LogP contribution in [-0.4, -0.2) is 44.3 Å². The first-order valence-electron chi connectivity index (χ1n) is 12.8. The number of unbranched alkanes of at least 4 members (excludes halogenated alkanes) is 3. The molecule has 0 aliphatic carbocycles. The van der Waals surface area contributed by atoms with Crippen molar-refractivity contribution in [1.82, 2.24) is 10.5 Å². The Balaban J connectivity index is 1.92. The van der Waals surface area contributed by atoms with E-state index in [0.717, 1.165) is 25.7 Å². The average molecular weight is 544 g/mol. The van der Waals surface area contributed by atoms with Crippen molar-refractivity contribution in [3.05, 3.63) is 71.6 Å². The number of benzene rings is 2. The van der Waals surface area contributed by atoms with E-state index in [1.54, 1.807) is 49.4 Å². The van der Waals surface area contributed by atoms with Gasteiger partial charge in [0.1, 0.15) is 6.10 Å². The van der Waals surface area contributed by atoms with Gasteiger partial charge in [-0.05, 0) is 49.2 Å². The van der Waals surface area contributed by atoms with Gasteiger partial charge >= 0.3 is 6.03 Å². The van der Waals surface area contributed by atoms with Gasteiger partial charge in [-0.2, -0.15) is 0 Å². The molecule has 0 saturated carbocycles. The van der Waals surface area contributed by atoms with E-state index in [-0.39, 0.29) is 36.2 Å². The van der Waals surface area contributed by atoms with Crippen LogP contribution in [0.2, 0.25) is 0 Å². The molecule has 38 heavy (non-hydrogen) atoms. The van der Waals surface area contributed by atoms with E-state index in [4.69, 9.17) is 10.3 Å². The van der Waals surface area contributed by atoms with Crippen LogP contribution in [0.15, 0.2) is 64.0 Å². The fourth-order valence-electron chi connectivity index (χ4n) is 4.06. The van der Waals surface area contributed by atoms with Crippen molar-refractivity contribution in [2.24, 2.45) is 5.73 Å². The molecule has 1 aromatic heterocycles. The molecule has 3 aromatic rings. The van der Waals surface area contributed by atoms with Gasteiger partial charge in [0.05, 0.1) is 16.3 Å².